The highest BCUT2D eigenvalue weighted by Gasteiger charge is 2.16. The average molecular weight is 209 g/mol. The number of ether oxygens (including phenoxy) is 2. The van der Waals surface area contributed by atoms with E-state index in [2.05, 4.69) is 5.32 Å². The van der Waals surface area contributed by atoms with Gasteiger partial charge in [-0.2, -0.15) is 0 Å². The van der Waals surface area contributed by atoms with Crippen LogP contribution < -0.4 is 10.1 Å². The molecule has 4 nitrogen and oxygen atoms in total. The predicted octanol–water partition coefficient (Wildman–Crippen LogP) is 1.41. The molecule has 1 fully saturated rings. The topological polar surface area (TPSA) is 50.7 Å². The molecule has 1 aliphatic heterocycles. The Morgan fingerprint density at radius 2 is 2.40 bits per heavy atom. The maximum Gasteiger partial charge on any atom is 0.160 e. The van der Waals surface area contributed by atoms with Crippen molar-refractivity contribution < 1.29 is 14.6 Å². The fourth-order valence-electron chi connectivity index (χ4n) is 1.65. The summed E-state index contributed by atoms with van der Waals surface area (Å²) in [6.07, 6.45) is 0.911. The lowest BCUT2D eigenvalue weighted by Crippen LogP contribution is -2.31. The van der Waals surface area contributed by atoms with Crippen molar-refractivity contribution in [3.05, 3.63) is 23.8 Å². The summed E-state index contributed by atoms with van der Waals surface area (Å²) in [5.74, 6) is 0.625. The SMILES string of the molecule is COc1ccc(C2NCCCO2)cc1O. The first-order valence-corrected chi connectivity index (χ1v) is 5.03. The highest BCUT2D eigenvalue weighted by molar-refractivity contribution is 5.42. The molecule has 1 saturated heterocycles. The first kappa shape index (κ1) is 10.3. The van der Waals surface area contributed by atoms with Crippen molar-refractivity contribution in [2.45, 2.75) is 12.6 Å². The number of methoxy groups -OCH3 is 1. The summed E-state index contributed by atoms with van der Waals surface area (Å²) in [6, 6.07) is 5.30. The third-order valence-corrected chi connectivity index (χ3v) is 2.44. The van der Waals surface area contributed by atoms with Crippen molar-refractivity contribution in [2.24, 2.45) is 0 Å². The Kier molecular flexibility index (Phi) is 3.08. The molecule has 82 valence electrons. The number of hydrogen-bond acceptors (Lipinski definition) is 4. The summed E-state index contributed by atoms with van der Waals surface area (Å²) in [6.45, 7) is 1.70. The fraction of sp³-hybridized carbons (Fsp3) is 0.455. The predicted molar refractivity (Wildman–Crippen MR) is 56.0 cm³/mol. The van der Waals surface area contributed by atoms with Gasteiger partial charge in [-0.15, -0.1) is 0 Å². The van der Waals surface area contributed by atoms with E-state index >= 15 is 0 Å². The zero-order valence-electron chi connectivity index (χ0n) is 8.69. The van der Waals surface area contributed by atoms with Crippen LogP contribution in [-0.4, -0.2) is 25.4 Å². The Labute approximate surface area is 88.8 Å². The molecule has 4 heteroatoms. The molecule has 1 aromatic rings. The largest absolute Gasteiger partial charge is 0.504 e. The van der Waals surface area contributed by atoms with Gasteiger partial charge in [-0.25, -0.2) is 0 Å². The Morgan fingerprint density at radius 3 is 3.00 bits per heavy atom. The summed E-state index contributed by atoms with van der Waals surface area (Å²) in [5, 5.41) is 12.8. The average Bonchev–Trinajstić information content (AvgIpc) is 2.30. The third-order valence-electron chi connectivity index (χ3n) is 2.44. The Morgan fingerprint density at radius 1 is 1.53 bits per heavy atom. The first-order valence-electron chi connectivity index (χ1n) is 5.03. The van der Waals surface area contributed by atoms with E-state index in [1.54, 1.807) is 12.1 Å². The van der Waals surface area contributed by atoms with E-state index in [1.807, 2.05) is 6.07 Å². The van der Waals surface area contributed by atoms with Gasteiger partial charge >= 0.3 is 0 Å². The maximum atomic E-state index is 9.61. The summed E-state index contributed by atoms with van der Waals surface area (Å²) in [5.41, 5.74) is 0.924. The lowest BCUT2D eigenvalue weighted by Gasteiger charge is -2.24. The molecular formula is C11H15NO3. The zero-order chi connectivity index (χ0) is 10.7. The lowest BCUT2D eigenvalue weighted by molar-refractivity contribution is -0.000451. The smallest absolute Gasteiger partial charge is 0.160 e. The van der Waals surface area contributed by atoms with Crippen LogP contribution in [0, 0.1) is 0 Å². The van der Waals surface area contributed by atoms with Gasteiger partial charge in [0.15, 0.2) is 11.5 Å². The second kappa shape index (κ2) is 4.51. The molecule has 0 radical (unpaired) electrons. The zero-order valence-corrected chi connectivity index (χ0v) is 8.69. The van der Waals surface area contributed by atoms with Crippen LogP contribution in [0.2, 0.25) is 0 Å². The van der Waals surface area contributed by atoms with E-state index in [4.69, 9.17) is 9.47 Å². The van der Waals surface area contributed by atoms with E-state index in [1.165, 1.54) is 7.11 Å². The molecule has 1 atom stereocenters. The van der Waals surface area contributed by atoms with E-state index in [-0.39, 0.29) is 12.0 Å². The van der Waals surface area contributed by atoms with Crippen LogP contribution >= 0.6 is 0 Å². The second-order valence-corrected chi connectivity index (χ2v) is 3.49. The van der Waals surface area contributed by atoms with Crippen molar-refractivity contribution in [1.29, 1.82) is 0 Å². The number of benzene rings is 1. The van der Waals surface area contributed by atoms with Crippen LogP contribution in [0.4, 0.5) is 0 Å². The number of hydrogen-bond donors (Lipinski definition) is 2. The van der Waals surface area contributed by atoms with Gasteiger partial charge in [-0.3, -0.25) is 5.32 Å². The second-order valence-electron chi connectivity index (χ2n) is 3.49. The Balaban J connectivity index is 2.17. The van der Waals surface area contributed by atoms with Crippen LogP contribution in [-0.2, 0) is 4.74 Å². The van der Waals surface area contributed by atoms with Crippen molar-refractivity contribution in [1.82, 2.24) is 5.32 Å². The van der Waals surface area contributed by atoms with Gasteiger partial charge in [-0.1, -0.05) is 6.07 Å². The molecule has 1 heterocycles. The van der Waals surface area contributed by atoms with Gasteiger partial charge in [0.25, 0.3) is 0 Å². The third kappa shape index (κ3) is 2.22. The van der Waals surface area contributed by atoms with Crippen LogP contribution in [0.5, 0.6) is 11.5 Å². The summed E-state index contributed by atoms with van der Waals surface area (Å²) in [7, 11) is 1.53. The van der Waals surface area contributed by atoms with Gasteiger partial charge in [0.05, 0.1) is 13.7 Å². The number of nitrogens with one attached hydrogen (secondary N) is 1. The summed E-state index contributed by atoms with van der Waals surface area (Å²) < 4.78 is 10.5. The Bertz CT molecular complexity index is 335. The minimum Gasteiger partial charge on any atom is -0.504 e. The molecule has 2 N–H and O–H groups in total. The highest BCUT2D eigenvalue weighted by Crippen LogP contribution is 2.29. The van der Waals surface area contributed by atoms with Crippen LogP contribution in [0.1, 0.15) is 18.2 Å². The van der Waals surface area contributed by atoms with E-state index in [0.29, 0.717) is 5.75 Å². The quantitative estimate of drug-likeness (QED) is 0.773. The monoisotopic (exact) mass is 209 g/mol. The molecule has 1 unspecified atom stereocenters. The molecule has 0 spiro atoms. The number of aromatic hydroxyl groups is 1. The minimum atomic E-state index is -0.115. The van der Waals surface area contributed by atoms with Crippen molar-refractivity contribution in [2.75, 3.05) is 20.3 Å². The normalized spacial score (nSPS) is 21.3. The maximum absolute atomic E-state index is 9.61. The van der Waals surface area contributed by atoms with E-state index in [9.17, 15) is 5.11 Å². The van der Waals surface area contributed by atoms with E-state index in [0.717, 1.165) is 25.1 Å². The van der Waals surface area contributed by atoms with Crippen LogP contribution in [0.25, 0.3) is 0 Å². The molecule has 2 rings (SSSR count). The van der Waals surface area contributed by atoms with Gasteiger partial charge in [0.1, 0.15) is 6.23 Å². The minimum absolute atomic E-state index is 0.115. The Hall–Kier alpha value is -1.26. The van der Waals surface area contributed by atoms with Crippen molar-refractivity contribution in [3.63, 3.8) is 0 Å². The molecule has 0 amide bonds. The van der Waals surface area contributed by atoms with Gasteiger partial charge < -0.3 is 14.6 Å². The molecular weight excluding hydrogens is 194 g/mol. The molecule has 0 aliphatic carbocycles. The van der Waals surface area contributed by atoms with Crippen molar-refractivity contribution >= 4 is 0 Å². The molecule has 0 aromatic heterocycles. The van der Waals surface area contributed by atoms with Crippen LogP contribution in [0.15, 0.2) is 18.2 Å². The summed E-state index contributed by atoms with van der Waals surface area (Å²) in [4.78, 5) is 0. The number of rotatable bonds is 2. The lowest BCUT2D eigenvalue weighted by atomic mass is 10.1. The van der Waals surface area contributed by atoms with Crippen molar-refractivity contribution in [3.8, 4) is 11.5 Å². The number of phenols is 1. The highest BCUT2D eigenvalue weighted by atomic mass is 16.5. The first-order chi connectivity index (χ1) is 7.31. The van der Waals surface area contributed by atoms with E-state index < -0.39 is 0 Å². The summed E-state index contributed by atoms with van der Waals surface area (Å²) >= 11 is 0. The molecule has 1 aliphatic rings. The molecule has 0 saturated carbocycles. The fourth-order valence-corrected chi connectivity index (χ4v) is 1.65. The number of phenolic OH excluding ortho intramolecular Hbond substituents is 1. The molecule has 15 heavy (non-hydrogen) atoms. The van der Waals surface area contributed by atoms with Gasteiger partial charge in [0, 0.05) is 6.54 Å². The molecule has 1 aromatic carbocycles. The van der Waals surface area contributed by atoms with Crippen LogP contribution in [0.3, 0.4) is 0 Å². The van der Waals surface area contributed by atoms with Gasteiger partial charge in [0.2, 0.25) is 0 Å². The molecule has 0 bridgehead atoms. The standard InChI is InChI=1S/C11H15NO3/c1-14-10-4-3-8(7-9(10)13)11-12-5-2-6-15-11/h3-4,7,11-13H,2,5-6H2,1H3. The van der Waals surface area contributed by atoms with Gasteiger partial charge in [-0.05, 0) is 24.1 Å².